The first-order valence-electron chi connectivity index (χ1n) is 11.3. The third-order valence-corrected chi connectivity index (χ3v) is 6.60. The van der Waals surface area contributed by atoms with E-state index in [-0.39, 0.29) is 18.2 Å². The Balaban J connectivity index is 1.58. The Morgan fingerprint density at radius 1 is 0.944 bits per heavy atom. The Morgan fingerprint density at radius 3 is 2.31 bits per heavy atom. The lowest BCUT2D eigenvalue weighted by Gasteiger charge is -2.24. The van der Waals surface area contributed by atoms with E-state index >= 15 is 0 Å². The van der Waals surface area contributed by atoms with Gasteiger partial charge >= 0.3 is 0 Å². The van der Waals surface area contributed by atoms with Crippen molar-refractivity contribution in [2.24, 2.45) is 0 Å². The van der Waals surface area contributed by atoms with Crippen LogP contribution in [0.4, 0.5) is 5.69 Å². The van der Waals surface area contributed by atoms with E-state index in [1.807, 2.05) is 42.5 Å². The van der Waals surface area contributed by atoms with Crippen molar-refractivity contribution < 1.29 is 19.1 Å². The number of carbonyl (C=O) groups is 2. The van der Waals surface area contributed by atoms with E-state index in [4.69, 9.17) is 33.3 Å². The molecule has 1 fully saturated rings. The zero-order valence-corrected chi connectivity index (χ0v) is 21.5. The van der Waals surface area contributed by atoms with Crippen molar-refractivity contribution in [3.05, 3.63) is 88.9 Å². The molecule has 0 aliphatic carbocycles. The molecule has 0 aromatic heterocycles. The van der Waals surface area contributed by atoms with Crippen LogP contribution in [0.25, 0.3) is 0 Å². The van der Waals surface area contributed by atoms with Crippen LogP contribution < -0.4 is 14.8 Å². The van der Waals surface area contributed by atoms with Crippen molar-refractivity contribution >= 4 is 46.4 Å². The highest BCUT2D eigenvalue weighted by atomic mass is 35.5. The summed E-state index contributed by atoms with van der Waals surface area (Å²) in [6.45, 7) is 0.658. The van der Waals surface area contributed by atoms with Crippen molar-refractivity contribution in [1.29, 1.82) is 0 Å². The highest BCUT2D eigenvalue weighted by Crippen LogP contribution is 2.31. The van der Waals surface area contributed by atoms with Gasteiger partial charge in [-0.25, -0.2) is 0 Å². The van der Waals surface area contributed by atoms with Gasteiger partial charge in [0.25, 0.3) is 5.91 Å². The molecule has 1 saturated heterocycles. The summed E-state index contributed by atoms with van der Waals surface area (Å²) in [6, 6.07) is 21.2. The van der Waals surface area contributed by atoms with Gasteiger partial charge in [-0.15, -0.1) is 0 Å². The minimum Gasteiger partial charge on any atom is -0.493 e. The van der Waals surface area contributed by atoms with Crippen molar-refractivity contribution in [2.75, 3.05) is 19.5 Å². The third kappa shape index (κ3) is 5.78. The molecule has 1 N–H and O–H groups in total. The second-order valence-electron chi connectivity index (χ2n) is 8.28. The van der Waals surface area contributed by atoms with Crippen molar-refractivity contribution in [2.45, 2.75) is 25.6 Å². The summed E-state index contributed by atoms with van der Waals surface area (Å²) < 4.78 is 10.8. The van der Waals surface area contributed by atoms with Gasteiger partial charge in [0.15, 0.2) is 16.6 Å². The summed E-state index contributed by atoms with van der Waals surface area (Å²) in [6.07, 6.45) is -0.0554. The van der Waals surface area contributed by atoms with Gasteiger partial charge in [-0.1, -0.05) is 48.0 Å². The van der Waals surface area contributed by atoms with Crippen LogP contribution >= 0.6 is 23.8 Å². The molecule has 0 saturated carbocycles. The van der Waals surface area contributed by atoms with Crippen LogP contribution in [-0.4, -0.2) is 47.0 Å². The van der Waals surface area contributed by atoms with Gasteiger partial charge in [0.2, 0.25) is 5.91 Å². The van der Waals surface area contributed by atoms with Crippen LogP contribution in [0.15, 0.2) is 72.8 Å². The smallest absolute Gasteiger partial charge is 0.252 e. The number of hydrogen-bond acceptors (Lipinski definition) is 5. The number of rotatable bonds is 9. The molecule has 0 bridgehead atoms. The Bertz CT molecular complexity index is 1250. The highest BCUT2D eigenvalue weighted by Gasteiger charge is 2.43. The SMILES string of the molecule is COc1ccc(CN2C(=S)N(Cc3ccccc3)C(=O)[C@@H]2CC(=O)Nc2ccc(Cl)cc2)cc1OC. The number of benzene rings is 3. The van der Waals surface area contributed by atoms with E-state index in [2.05, 4.69) is 5.32 Å². The number of halogens is 1. The van der Waals surface area contributed by atoms with E-state index in [0.29, 0.717) is 40.4 Å². The summed E-state index contributed by atoms with van der Waals surface area (Å²) in [5.41, 5.74) is 2.42. The predicted octanol–water partition coefficient (Wildman–Crippen LogP) is 4.88. The largest absolute Gasteiger partial charge is 0.493 e. The number of anilines is 1. The van der Waals surface area contributed by atoms with E-state index in [1.165, 1.54) is 0 Å². The van der Waals surface area contributed by atoms with Crippen LogP contribution in [0.1, 0.15) is 17.5 Å². The predicted molar refractivity (Wildman–Crippen MR) is 143 cm³/mol. The van der Waals surface area contributed by atoms with Gasteiger partial charge in [-0.2, -0.15) is 0 Å². The lowest BCUT2D eigenvalue weighted by Crippen LogP contribution is -2.37. The zero-order valence-electron chi connectivity index (χ0n) is 19.9. The Morgan fingerprint density at radius 2 is 1.64 bits per heavy atom. The van der Waals surface area contributed by atoms with Gasteiger partial charge in [-0.3, -0.25) is 14.5 Å². The molecular formula is C27H26ClN3O4S. The molecule has 7 nitrogen and oxygen atoms in total. The fraction of sp³-hybridized carbons (Fsp3) is 0.222. The second kappa shape index (κ2) is 11.4. The fourth-order valence-electron chi connectivity index (χ4n) is 4.08. The number of thiocarbonyl (C=S) groups is 1. The van der Waals surface area contributed by atoms with Crippen molar-refractivity contribution in [1.82, 2.24) is 9.80 Å². The highest BCUT2D eigenvalue weighted by molar-refractivity contribution is 7.80. The summed E-state index contributed by atoms with van der Waals surface area (Å²) in [5.74, 6) is 0.670. The maximum atomic E-state index is 13.5. The number of carbonyl (C=O) groups excluding carboxylic acids is 2. The second-order valence-corrected chi connectivity index (χ2v) is 9.09. The van der Waals surface area contributed by atoms with Crippen LogP contribution in [0.3, 0.4) is 0 Å². The average Bonchev–Trinajstić information content (AvgIpc) is 3.09. The number of nitrogens with zero attached hydrogens (tertiary/aromatic N) is 2. The molecule has 36 heavy (non-hydrogen) atoms. The van der Waals surface area contributed by atoms with Crippen LogP contribution in [0.5, 0.6) is 11.5 Å². The quantitative estimate of drug-likeness (QED) is 0.403. The monoisotopic (exact) mass is 523 g/mol. The lowest BCUT2D eigenvalue weighted by molar-refractivity contribution is -0.131. The Kier molecular flexibility index (Phi) is 8.07. The minimum absolute atomic E-state index is 0.0554. The fourth-order valence-corrected chi connectivity index (χ4v) is 4.55. The minimum atomic E-state index is -0.749. The van der Waals surface area contributed by atoms with Crippen LogP contribution in [0.2, 0.25) is 5.02 Å². The number of nitrogens with one attached hydrogen (secondary N) is 1. The summed E-state index contributed by atoms with van der Waals surface area (Å²) in [5, 5.41) is 3.79. The molecule has 0 unspecified atom stereocenters. The normalized spacial score (nSPS) is 15.2. The summed E-state index contributed by atoms with van der Waals surface area (Å²) in [7, 11) is 3.14. The van der Waals surface area contributed by atoms with Gasteiger partial charge in [0.1, 0.15) is 6.04 Å². The maximum Gasteiger partial charge on any atom is 0.252 e. The Labute approximate surface area is 220 Å². The van der Waals surface area contributed by atoms with E-state index in [9.17, 15) is 9.59 Å². The Hall–Kier alpha value is -3.62. The topological polar surface area (TPSA) is 71.1 Å². The molecule has 9 heteroatoms. The number of hydrogen-bond donors (Lipinski definition) is 1. The molecule has 2 amide bonds. The van der Waals surface area contributed by atoms with E-state index in [1.54, 1.807) is 54.4 Å². The van der Waals surface area contributed by atoms with E-state index in [0.717, 1.165) is 11.1 Å². The first-order valence-corrected chi connectivity index (χ1v) is 12.1. The van der Waals surface area contributed by atoms with Gasteiger partial charge in [-0.05, 0) is 59.7 Å². The van der Waals surface area contributed by atoms with Crippen molar-refractivity contribution in [3.8, 4) is 11.5 Å². The van der Waals surface area contributed by atoms with E-state index < -0.39 is 6.04 Å². The molecule has 1 aliphatic heterocycles. The van der Waals surface area contributed by atoms with Gasteiger partial charge in [0.05, 0.1) is 27.2 Å². The lowest BCUT2D eigenvalue weighted by atomic mass is 10.1. The number of amides is 2. The number of methoxy groups -OCH3 is 2. The molecular weight excluding hydrogens is 498 g/mol. The first kappa shape index (κ1) is 25.5. The van der Waals surface area contributed by atoms with Crippen molar-refractivity contribution in [3.63, 3.8) is 0 Å². The molecule has 0 radical (unpaired) electrons. The molecule has 3 aromatic rings. The maximum absolute atomic E-state index is 13.5. The first-order chi connectivity index (χ1) is 17.4. The molecule has 1 heterocycles. The zero-order chi connectivity index (χ0) is 25.7. The van der Waals surface area contributed by atoms with Gasteiger partial charge < -0.3 is 19.7 Å². The molecule has 0 spiro atoms. The van der Waals surface area contributed by atoms with Gasteiger partial charge in [0, 0.05) is 17.3 Å². The molecule has 1 aliphatic rings. The number of ether oxygens (including phenoxy) is 2. The average molecular weight is 524 g/mol. The van der Waals surface area contributed by atoms with Crippen LogP contribution in [-0.2, 0) is 22.7 Å². The van der Waals surface area contributed by atoms with Crippen LogP contribution in [0, 0.1) is 0 Å². The molecule has 4 rings (SSSR count). The molecule has 186 valence electrons. The summed E-state index contributed by atoms with van der Waals surface area (Å²) in [4.78, 5) is 29.8. The summed E-state index contributed by atoms with van der Waals surface area (Å²) >= 11 is 11.7. The third-order valence-electron chi connectivity index (χ3n) is 5.90. The molecule has 1 atom stereocenters. The standard InChI is InChI=1S/C27H26ClN3O4S/c1-34-23-13-8-19(14-24(23)35-2)17-30-22(15-25(32)29-21-11-9-20(28)10-12-21)26(33)31(27(30)36)16-18-6-4-3-5-7-18/h3-14,22H,15-17H2,1-2H3,(H,29,32)/t22-/m0/s1. The molecule has 3 aromatic carbocycles.